The van der Waals surface area contributed by atoms with Crippen molar-refractivity contribution in [3.63, 3.8) is 0 Å². The molecule has 8 heteroatoms. The monoisotopic (exact) mass is 483 g/mol. The van der Waals surface area contributed by atoms with Crippen molar-refractivity contribution in [2.75, 3.05) is 11.9 Å². The van der Waals surface area contributed by atoms with Crippen molar-refractivity contribution in [1.29, 1.82) is 0 Å². The Morgan fingerprint density at radius 3 is 2.58 bits per heavy atom. The minimum Gasteiger partial charge on any atom is -0.492 e. The van der Waals surface area contributed by atoms with Crippen LogP contribution >= 0.6 is 11.3 Å². The van der Waals surface area contributed by atoms with Crippen LogP contribution in [0.2, 0.25) is 0 Å². The number of benzene rings is 2. The van der Waals surface area contributed by atoms with Crippen LogP contribution in [-0.4, -0.2) is 29.7 Å². The first-order chi connectivity index (χ1) is 15.6. The van der Waals surface area contributed by atoms with Gasteiger partial charge < -0.3 is 10.1 Å². The maximum atomic E-state index is 13.5. The number of rotatable bonds is 7. The molecule has 0 aliphatic rings. The Balaban J connectivity index is 1.82. The van der Waals surface area contributed by atoms with E-state index < -0.39 is 14.6 Å². The summed E-state index contributed by atoms with van der Waals surface area (Å²) in [5, 5.41) is 4.13. The maximum Gasteiger partial charge on any atom is 0.186 e. The molecule has 174 valence electrons. The number of nitrogens with zero attached hydrogens (tertiary/aromatic N) is 2. The van der Waals surface area contributed by atoms with Crippen molar-refractivity contribution in [2.45, 2.75) is 50.7 Å². The summed E-state index contributed by atoms with van der Waals surface area (Å²) in [5.74, 6) is 0.809. The summed E-state index contributed by atoms with van der Waals surface area (Å²) < 4.78 is 33.1. The largest absolute Gasteiger partial charge is 0.492 e. The highest BCUT2D eigenvalue weighted by Gasteiger charge is 2.34. The number of anilines is 2. The fourth-order valence-corrected chi connectivity index (χ4v) is 5.39. The number of thiazole rings is 1. The molecular formula is C25H29N3O3S2. The fourth-order valence-electron chi connectivity index (χ4n) is 3.41. The molecule has 4 aromatic rings. The minimum atomic E-state index is -3.65. The predicted octanol–water partition coefficient (Wildman–Crippen LogP) is 6.59. The lowest BCUT2D eigenvalue weighted by Gasteiger charge is -2.22. The van der Waals surface area contributed by atoms with Crippen LogP contribution in [0.1, 0.15) is 41.0 Å². The molecule has 0 aliphatic heterocycles. The van der Waals surface area contributed by atoms with E-state index in [0.29, 0.717) is 23.8 Å². The van der Waals surface area contributed by atoms with Crippen LogP contribution in [0.5, 0.6) is 5.75 Å². The summed E-state index contributed by atoms with van der Waals surface area (Å²) >= 11 is 1.59. The second-order valence-corrected chi connectivity index (χ2v) is 13.0. The first kappa shape index (κ1) is 23.4. The molecule has 2 heterocycles. The standard InChI is InChI=1S/C25H29N3O3S2/c1-16(2)9-11-31-22-14-20-18(13-24(22)33(29,30)25(3,4)5)19(8-10-26-20)28-17-6-7-23-21(12-17)27-15-32-23/h6-8,10,12-16H,9,11H2,1-5H3,(H,26,28). The van der Waals surface area contributed by atoms with Crippen LogP contribution in [0.4, 0.5) is 11.4 Å². The number of hydrogen-bond donors (Lipinski definition) is 1. The van der Waals surface area contributed by atoms with E-state index in [-0.39, 0.29) is 4.90 Å². The SMILES string of the molecule is CC(C)CCOc1cc2nccc(Nc3ccc4scnc4c3)c2cc1S(=O)(=O)C(C)(C)C. The van der Waals surface area contributed by atoms with Gasteiger partial charge in [-0.25, -0.2) is 13.4 Å². The minimum absolute atomic E-state index is 0.192. The smallest absolute Gasteiger partial charge is 0.186 e. The average Bonchev–Trinajstić information content (AvgIpc) is 3.20. The van der Waals surface area contributed by atoms with Crippen molar-refractivity contribution >= 4 is 53.7 Å². The van der Waals surface area contributed by atoms with Crippen LogP contribution in [-0.2, 0) is 9.84 Å². The lowest BCUT2D eigenvalue weighted by molar-refractivity contribution is 0.283. The van der Waals surface area contributed by atoms with Crippen LogP contribution in [0, 0.1) is 5.92 Å². The molecule has 0 amide bonds. The van der Waals surface area contributed by atoms with E-state index in [1.165, 1.54) is 0 Å². The Morgan fingerprint density at radius 1 is 1.06 bits per heavy atom. The van der Waals surface area contributed by atoms with Gasteiger partial charge in [0.15, 0.2) is 9.84 Å². The van der Waals surface area contributed by atoms with Crippen molar-refractivity contribution in [1.82, 2.24) is 9.97 Å². The van der Waals surface area contributed by atoms with Gasteiger partial charge in [0.2, 0.25) is 0 Å². The van der Waals surface area contributed by atoms with Crippen molar-refractivity contribution in [2.24, 2.45) is 5.92 Å². The molecule has 4 rings (SSSR count). The zero-order valence-electron chi connectivity index (χ0n) is 19.5. The maximum absolute atomic E-state index is 13.5. The van der Waals surface area contributed by atoms with Gasteiger partial charge in [0.25, 0.3) is 0 Å². The molecule has 0 saturated carbocycles. The van der Waals surface area contributed by atoms with Gasteiger partial charge in [-0.15, -0.1) is 11.3 Å². The van der Waals surface area contributed by atoms with Gasteiger partial charge in [0.1, 0.15) is 10.6 Å². The van der Waals surface area contributed by atoms with Gasteiger partial charge in [-0.05, 0) is 63.4 Å². The number of ether oxygens (including phenoxy) is 1. The number of fused-ring (bicyclic) bond motifs is 2. The molecule has 6 nitrogen and oxygen atoms in total. The third-order valence-electron chi connectivity index (χ3n) is 5.46. The third kappa shape index (κ3) is 4.82. The summed E-state index contributed by atoms with van der Waals surface area (Å²) in [6.45, 7) is 9.78. The van der Waals surface area contributed by atoms with E-state index in [9.17, 15) is 8.42 Å². The fraction of sp³-hybridized carbons (Fsp3) is 0.360. The number of pyridine rings is 1. The molecule has 0 atom stereocenters. The van der Waals surface area contributed by atoms with E-state index in [1.807, 2.05) is 29.8 Å². The molecule has 33 heavy (non-hydrogen) atoms. The Labute approximate surface area is 199 Å². The van der Waals surface area contributed by atoms with E-state index in [0.717, 1.165) is 33.4 Å². The molecule has 0 unspecified atom stereocenters. The topological polar surface area (TPSA) is 81.2 Å². The van der Waals surface area contributed by atoms with Gasteiger partial charge in [0.05, 0.1) is 32.6 Å². The number of sulfone groups is 1. The Bertz CT molecular complexity index is 1400. The van der Waals surface area contributed by atoms with E-state index in [4.69, 9.17) is 4.74 Å². The molecule has 0 fully saturated rings. The molecule has 0 spiro atoms. The lowest BCUT2D eigenvalue weighted by Crippen LogP contribution is -2.28. The predicted molar refractivity (Wildman–Crippen MR) is 137 cm³/mol. The van der Waals surface area contributed by atoms with Crippen LogP contribution in [0.3, 0.4) is 0 Å². The average molecular weight is 484 g/mol. The molecule has 0 saturated heterocycles. The Hall–Kier alpha value is -2.71. The molecule has 0 radical (unpaired) electrons. The van der Waals surface area contributed by atoms with Crippen LogP contribution in [0.25, 0.3) is 21.1 Å². The first-order valence-corrected chi connectivity index (χ1v) is 13.3. The van der Waals surface area contributed by atoms with Gasteiger partial charge in [-0.2, -0.15) is 0 Å². The van der Waals surface area contributed by atoms with E-state index in [1.54, 1.807) is 50.4 Å². The molecular weight excluding hydrogens is 454 g/mol. The summed E-state index contributed by atoms with van der Waals surface area (Å²) in [6, 6.07) is 11.3. The van der Waals surface area contributed by atoms with Crippen molar-refractivity contribution < 1.29 is 13.2 Å². The second kappa shape index (κ2) is 8.91. The highest BCUT2D eigenvalue weighted by Crippen LogP contribution is 2.38. The quantitative estimate of drug-likeness (QED) is 0.319. The Kier molecular flexibility index (Phi) is 6.33. The van der Waals surface area contributed by atoms with Crippen LogP contribution in [0.15, 0.2) is 53.0 Å². The lowest BCUT2D eigenvalue weighted by atomic mass is 10.1. The molecule has 2 aromatic heterocycles. The Morgan fingerprint density at radius 2 is 1.85 bits per heavy atom. The summed E-state index contributed by atoms with van der Waals surface area (Å²) in [7, 11) is -3.65. The summed E-state index contributed by atoms with van der Waals surface area (Å²) in [4.78, 5) is 9.06. The van der Waals surface area contributed by atoms with Crippen LogP contribution < -0.4 is 10.1 Å². The second-order valence-electron chi connectivity index (χ2n) is 9.48. The van der Waals surface area contributed by atoms with Crippen molar-refractivity contribution in [3.8, 4) is 5.75 Å². The number of aromatic nitrogens is 2. The van der Waals surface area contributed by atoms with Gasteiger partial charge in [-0.3, -0.25) is 4.98 Å². The molecule has 2 aromatic carbocycles. The third-order valence-corrected chi connectivity index (χ3v) is 8.79. The zero-order valence-corrected chi connectivity index (χ0v) is 21.2. The summed E-state index contributed by atoms with van der Waals surface area (Å²) in [6.07, 6.45) is 2.54. The number of hydrogen-bond acceptors (Lipinski definition) is 7. The van der Waals surface area contributed by atoms with Gasteiger partial charge in [-0.1, -0.05) is 13.8 Å². The highest BCUT2D eigenvalue weighted by atomic mass is 32.2. The van der Waals surface area contributed by atoms with E-state index in [2.05, 4.69) is 29.1 Å². The summed E-state index contributed by atoms with van der Waals surface area (Å²) in [5.41, 5.74) is 5.05. The first-order valence-electron chi connectivity index (χ1n) is 11.0. The normalized spacial score (nSPS) is 12.5. The van der Waals surface area contributed by atoms with Crippen molar-refractivity contribution in [3.05, 3.63) is 48.1 Å². The number of nitrogens with one attached hydrogen (secondary N) is 1. The van der Waals surface area contributed by atoms with Gasteiger partial charge in [0, 0.05) is 29.0 Å². The van der Waals surface area contributed by atoms with Gasteiger partial charge >= 0.3 is 0 Å². The molecule has 0 aliphatic carbocycles. The highest BCUT2D eigenvalue weighted by molar-refractivity contribution is 7.92. The zero-order chi connectivity index (χ0) is 23.8. The molecule has 1 N–H and O–H groups in total. The van der Waals surface area contributed by atoms with E-state index >= 15 is 0 Å². The molecule has 0 bridgehead atoms.